The molecule has 0 aliphatic carbocycles. The van der Waals surface area contributed by atoms with Gasteiger partial charge in [-0.1, -0.05) is 0 Å². The summed E-state index contributed by atoms with van der Waals surface area (Å²) < 4.78 is 5.73. The number of nitro benzene ring substituents is 1. The Labute approximate surface area is 82.8 Å². The van der Waals surface area contributed by atoms with Gasteiger partial charge in [-0.05, 0) is 27.6 Å². The average Bonchev–Trinajstić information content (AvgIpc) is 2.48. The third-order valence-electron chi connectivity index (χ3n) is 1.96. The molecule has 0 bridgehead atoms. The summed E-state index contributed by atoms with van der Waals surface area (Å²) in [5.74, 6) is 0.634. The van der Waals surface area contributed by atoms with Gasteiger partial charge in [0.05, 0.1) is 22.1 Å². The van der Waals surface area contributed by atoms with Crippen molar-refractivity contribution in [3.05, 3.63) is 32.3 Å². The summed E-state index contributed by atoms with van der Waals surface area (Å²) >= 11 is 3.15. The highest BCUT2D eigenvalue weighted by molar-refractivity contribution is 9.10. The summed E-state index contributed by atoms with van der Waals surface area (Å²) in [5.41, 5.74) is 1.08. The molecule has 1 aromatic rings. The highest BCUT2D eigenvalue weighted by Gasteiger charge is 2.20. The van der Waals surface area contributed by atoms with Gasteiger partial charge in [-0.3, -0.25) is 10.1 Å². The van der Waals surface area contributed by atoms with Crippen LogP contribution in [-0.2, 0) is 6.42 Å². The minimum atomic E-state index is -0.425. The van der Waals surface area contributed by atoms with Gasteiger partial charge in [0.15, 0.2) is 0 Å². The molecule has 1 aromatic carbocycles. The lowest BCUT2D eigenvalue weighted by Crippen LogP contribution is -1.90. The van der Waals surface area contributed by atoms with Crippen LogP contribution in [0, 0.1) is 10.1 Å². The lowest BCUT2D eigenvalue weighted by Gasteiger charge is -1.99. The molecule has 0 amide bonds. The largest absolute Gasteiger partial charge is 0.493 e. The molecule has 1 aliphatic heterocycles. The Bertz CT molecular complexity index is 378. The number of hydrogen-bond acceptors (Lipinski definition) is 3. The van der Waals surface area contributed by atoms with E-state index in [2.05, 4.69) is 15.9 Å². The summed E-state index contributed by atoms with van der Waals surface area (Å²) in [7, 11) is 0. The predicted octanol–water partition coefficient (Wildman–Crippen LogP) is 2.29. The normalized spacial score (nSPS) is 13.6. The Balaban J connectivity index is 2.55. The first-order valence-corrected chi connectivity index (χ1v) is 4.57. The summed E-state index contributed by atoms with van der Waals surface area (Å²) in [6.45, 7) is 0.614. The Hall–Kier alpha value is -1.10. The van der Waals surface area contributed by atoms with Crippen molar-refractivity contribution in [1.82, 2.24) is 0 Å². The zero-order valence-corrected chi connectivity index (χ0v) is 8.20. The number of nitro groups is 1. The monoisotopic (exact) mass is 243 g/mol. The first kappa shape index (κ1) is 8.50. The van der Waals surface area contributed by atoms with Crippen LogP contribution < -0.4 is 4.74 Å². The van der Waals surface area contributed by atoms with Crippen LogP contribution in [0.1, 0.15) is 5.56 Å². The molecule has 0 atom stereocenters. The van der Waals surface area contributed by atoms with Gasteiger partial charge in [0.1, 0.15) is 5.75 Å². The lowest BCUT2D eigenvalue weighted by molar-refractivity contribution is -0.385. The number of rotatable bonds is 1. The van der Waals surface area contributed by atoms with Gasteiger partial charge in [-0.25, -0.2) is 0 Å². The summed E-state index contributed by atoms with van der Waals surface area (Å²) in [6.07, 6.45) is 0.825. The fourth-order valence-corrected chi connectivity index (χ4v) is 1.86. The smallest absolute Gasteiger partial charge is 0.287 e. The van der Waals surface area contributed by atoms with Gasteiger partial charge in [0.25, 0.3) is 5.69 Å². The molecule has 0 radical (unpaired) electrons. The van der Waals surface area contributed by atoms with E-state index in [1.54, 1.807) is 6.07 Å². The van der Waals surface area contributed by atoms with Gasteiger partial charge in [-0.15, -0.1) is 0 Å². The maximum atomic E-state index is 10.5. The van der Waals surface area contributed by atoms with Crippen LogP contribution in [-0.4, -0.2) is 11.5 Å². The zero-order valence-electron chi connectivity index (χ0n) is 6.62. The van der Waals surface area contributed by atoms with Gasteiger partial charge in [0, 0.05) is 6.42 Å². The average molecular weight is 244 g/mol. The second-order valence-corrected chi connectivity index (χ2v) is 3.62. The van der Waals surface area contributed by atoms with Crippen molar-refractivity contribution in [2.75, 3.05) is 6.61 Å². The minimum absolute atomic E-state index is 0.0562. The molecule has 1 aliphatic rings. The lowest BCUT2D eigenvalue weighted by atomic mass is 10.1. The molecule has 0 fully saturated rings. The molecule has 0 N–H and O–H groups in total. The molecule has 4 nitrogen and oxygen atoms in total. The molecule has 1 heterocycles. The van der Waals surface area contributed by atoms with Crippen molar-refractivity contribution in [2.24, 2.45) is 0 Å². The van der Waals surface area contributed by atoms with E-state index in [-0.39, 0.29) is 5.69 Å². The Kier molecular flexibility index (Phi) is 1.95. The van der Waals surface area contributed by atoms with Gasteiger partial charge in [-0.2, -0.15) is 0 Å². The first-order chi connectivity index (χ1) is 6.18. The van der Waals surface area contributed by atoms with Crippen LogP contribution in [0.25, 0.3) is 0 Å². The van der Waals surface area contributed by atoms with Gasteiger partial charge >= 0.3 is 0 Å². The molecule has 0 spiro atoms. The number of nitrogens with zero attached hydrogens (tertiary/aromatic N) is 1. The molecule has 68 valence electrons. The van der Waals surface area contributed by atoms with E-state index in [9.17, 15) is 10.1 Å². The van der Waals surface area contributed by atoms with Crippen LogP contribution in [0.15, 0.2) is 16.6 Å². The topological polar surface area (TPSA) is 52.4 Å². The number of hydrogen-bond donors (Lipinski definition) is 0. The van der Waals surface area contributed by atoms with Crippen molar-refractivity contribution in [3.8, 4) is 5.75 Å². The molecule has 0 saturated heterocycles. The van der Waals surface area contributed by atoms with Crippen LogP contribution in [0.3, 0.4) is 0 Å². The van der Waals surface area contributed by atoms with E-state index in [0.29, 0.717) is 16.8 Å². The molecular formula is C8H6BrNO3. The Morgan fingerprint density at radius 1 is 1.54 bits per heavy atom. The van der Waals surface area contributed by atoms with Gasteiger partial charge in [0.2, 0.25) is 0 Å². The van der Waals surface area contributed by atoms with E-state index < -0.39 is 4.92 Å². The third-order valence-corrected chi connectivity index (χ3v) is 2.59. The van der Waals surface area contributed by atoms with E-state index in [1.807, 2.05) is 0 Å². The fourth-order valence-electron chi connectivity index (χ4n) is 1.32. The van der Waals surface area contributed by atoms with Gasteiger partial charge < -0.3 is 4.74 Å². The zero-order chi connectivity index (χ0) is 9.42. The van der Waals surface area contributed by atoms with Crippen molar-refractivity contribution in [1.29, 1.82) is 0 Å². The number of fused-ring (bicyclic) bond motifs is 1. The van der Waals surface area contributed by atoms with Crippen LogP contribution in [0.5, 0.6) is 5.75 Å². The first-order valence-electron chi connectivity index (χ1n) is 3.78. The molecular weight excluding hydrogens is 238 g/mol. The highest BCUT2D eigenvalue weighted by atomic mass is 79.9. The maximum Gasteiger partial charge on any atom is 0.287 e. The van der Waals surface area contributed by atoms with Crippen molar-refractivity contribution < 1.29 is 9.66 Å². The fraction of sp³-hybridized carbons (Fsp3) is 0.250. The SMILES string of the molecule is O=[N+]([O-])c1cc2c(cc1Br)CCO2. The molecule has 0 aromatic heterocycles. The van der Waals surface area contributed by atoms with Crippen molar-refractivity contribution >= 4 is 21.6 Å². The van der Waals surface area contributed by atoms with Crippen molar-refractivity contribution in [3.63, 3.8) is 0 Å². The van der Waals surface area contributed by atoms with E-state index >= 15 is 0 Å². The van der Waals surface area contributed by atoms with Crippen LogP contribution in [0.4, 0.5) is 5.69 Å². The second kappa shape index (κ2) is 2.99. The van der Waals surface area contributed by atoms with E-state index in [1.165, 1.54) is 6.07 Å². The van der Waals surface area contributed by atoms with E-state index in [4.69, 9.17) is 4.74 Å². The Morgan fingerprint density at radius 3 is 3.00 bits per heavy atom. The molecule has 0 unspecified atom stereocenters. The second-order valence-electron chi connectivity index (χ2n) is 2.77. The molecule has 2 rings (SSSR count). The molecule has 13 heavy (non-hydrogen) atoms. The van der Waals surface area contributed by atoms with Crippen molar-refractivity contribution in [2.45, 2.75) is 6.42 Å². The Morgan fingerprint density at radius 2 is 2.31 bits per heavy atom. The summed E-state index contributed by atoms with van der Waals surface area (Å²) in [4.78, 5) is 10.1. The van der Waals surface area contributed by atoms with E-state index in [0.717, 1.165) is 12.0 Å². The molecule has 0 saturated carbocycles. The highest BCUT2D eigenvalue weighted by Crippen LogP contribution is 2.35. The molecule has 5 heteroatoms. The maximum absolute atomic E-state index is 10.5. The number of ether oxygens (including phenoxy) is 1. The standard InChI is InChI=1S/C8H6BrNO3/c9-6-3-5-1-2-13-8(5)4-7(6)10(11)12/h3-4H,1-2H2. The number of halogens is 1. The summed E-state index contributed by atoms with van der Waals surface area (Å²) in [5, 5.41) is 10.5. The predicted molar refractivity (Wildman–Crippen MR) is 50.0 cm³/mol. The quantitative estimate of drug-likeness (QED) is 0.562. The van der Waals surface area contributed by atoms with Crippen LogP contribution >= 0.6 is 15.9 Å². The summed E-state index contributed by atoms with van der Waals surface area (Å²) in [6, 6.07) is 3.22. The third kappa shape index (κ3) is 1.39. The van der Waals surface area contributed by atoms with Crippen LogP contribution in [0.2, 0.25) is 0 Å². The number of benzene rings is 1. The minimum Gasteiger partial charge on any atom is -0.493 e.